The van der Waals surface area contributed by atoms with Crippen LogP contribution in [0.25, 0.3) is 0 Å². The van der Waals surface area contributed by atoms with Crippen molar-refractivity contribution in [1.82, 2.24) is 14.8 Å². The standard InChI is InChI=1S/C21H23N5O3S2/c1-14(20(27)23-17-8-5-9-18(12-17)31(22,28)29)30-21-25-24-19(16-10-11-16)26(21)13-15-6-3-2-4-7-15/h2-9,12,14,16H,10-11,13H2,1H3,(H,23,27)(H2,22,28,29)/t14-/m0/s1. The molecule has 0 spiro atoms. The lowest BCUT2D eigenvalue weighted by Crippen LogP contribution is -2.23. The van der Waals surface area contributed by atoms with Crippen molar-refractivity contribution >= 4 is 33.4 Å². The normalized spacial score (nSPS) is 14.9. The molecule has 3 N–H and O–H groups in total. The molecule has 1 fully saturated rings. The van der Waals surface area contributed by atoms with E-state index in [2.05, 4.69) is 32.2 Å². The van der Waals surface area contributed by atoms with Crippen LogP contribution in [0.1, 0.15) is 37.1 Å². The predicted octanol–water partition coefficient (Wildman–Crippen LogP) is 2.97. The largest absolute Gasteiger partial charge is 0.325 e. The molecule has 0 saturated heterocycles. The lowest BCUT2D eigenvalue weighted by atomic mass is 10.2. The summed E-state index contributed by atoms with van der Waals surface area (Å²) in [5, 5.41) is 16.9. The van der Waals surface area contributed by atoms with Gasteiger partial charge < -0.3 is 9.88 Å². The third kappa shape index (κ3) is 5.33. The zero-order valence-electron chi connectivity index (χ0n) is 16.9. The Hall–Kier alpha value is -2.69. The number of thioether (sulfide) groups is 1. The molecule has 0 unspecified atom stereocenters. The first-order valence-electron chi connectivity index (χ1n) is 9.88. The van der Waals surface area contributed by atoms with Crippen molar-refractivity contribution in [1.29, 1.82) is 0 Å². The topological polar surface area (TPSA) is 120 Å². The first-order chi connectivity index (χ1) is 14.8. The molecular weight excluding hydrogens is 434 g/mol. The average molecular weight is 458 g/mol. The zero-order valence-corrected chi connectivity index (χ0v) is 18.6. The molecule has 0 radical (unpaired) electrons. The van der Waals surface area contributed by atoms with Crippen LogP contribution in [-0.4, -0.2) is 34.3 Å². The molecule has 10 heteroatoms. The van der Waals surface area contributed by atoms with Gasteiger partial charge in [0, 0.05) is 11.6 Å². The van der Waals surface area contributed by atoms with Crippen molar-refractivity contribution in [2.24, 2.45) is 5.14 Å². The van der Waals surface area contributed by atoms with Gasteiger partial charge in [-0.1, -0.05) is 48.2 Å². The second-order valence-electron chi connectivity index (χ2n) is 7.51. The molecule has 8 nitrogen and oxygen atoms in total. The van der Waals surface area contributed by atoms with Gasteiger partial charge in [0.25, 0.3) is 0 Å². The van der Waals surface area contributed by atoms with Crippen LogP contribution in [0, 0.1) is 0 Å². The number of carbonyl (C=O) groups excluding carboxylic acids is 1. The van der Waals surface area contributed by atoms with Gasteiger partial charge in [-0.15, -0.1) is 10.2 Å². The van der Waals surface area contributed by atoms with Crippen molar-refractivity contribution in [3.05, 3.63) is 66.0 Å². The number of nitrogens with one attached hydrogen (secondary N) is 1. The fourth-order valence-corrected chi connectivity index (χ4v) is 4.57. The summed E-state index contributed by atoms with van der Waals surface area (Å²) in [5.74, 6) is 1.12. The summed E-state index contributed by atoms with van der Waals surface area (Å²) in [7, 11) is -3.84. The quantitative estimate of drug-likeness (QED) is 0.502. The number of nitrogens with zero attached hydrogens (tertiary/aromatic N) is 3. The van der Waals surface area contributed by atoms with E-state index in [4.69, 9.17) is 5.14 Å². The minimum Gasteiger partial charge on any atom is -0.325 e. The number of benzene rings is 2. The summed E-state index contributed by atoms with van der Waals surface area (Å²) < 4.78 is 25.2. The van der Waals surface area contributed by atoms with Crippen LogP contribution in [0.4, 0.5) is 5.69 Å². The molecule has 1 amide bonds. The van der Waals surface area contributed by atoms with Crippen LogP contribution in [0.15, 0.2) is 64.6 Å². The minimum atomic E-state index is -3.84. The van der Waals surface area contributed by atoms with E-state index in [0.717, 1.165) is 24.2 Å². The molecule has 1 atom stereocenters. The molecule has 31 heavy (non-hydrogen) atoms. The van der Waals surface area contributed by atoms with E-state index in [1.165, 1.54) is 30.0 Å². The summed E-state index contributed by atoms with van der Waals surface area (Å²) in [6, 6.07) is 16.0. The van der Waals surface area contributed by atoms with Gasteiger partial charge in [0.05, 0.1) is 16.7 Å². The van der Waals surface area contributed by atoms with Crippen LogP contribution in [-0.2, 0) is 21.4 Å². The maximum atomic E-state index is 12.7. The number of nitrogens with two attached hydrogens (primary N) is 1. The van der Waals surface area contributed by atoms with Gasteiger partial charge in [0.1, 0.15) is 5.82 Å². The van der Waals surface area contributed by atoms with Gasteiger partial charge in [0.2, 0.25) is 15.9 Å². The molecule has 1 heterocycles. The predicted molar refractivity (Wildman–Crippen MR) is 119 cm³/mol. The lowest BCUT2D eigenvalue weighted by molar-refractivity contribution is -0.115. The van der Waals surface area contributed by atoms with Crippen molar-refractivity contribution < 1.29 is 13.2 Å². The highest BCUT2D eigenvalue weighted by Gasteiger charge is 2.31. The van der Waals surface area contributed by atoms with Crippen LogP contribution in [0.3, 0.4) is 0 Å². The number of hydrogen-bond donors (Lipinski definition) is 2. The van der Waals surface area contributed by atoms with Crippen LogP contribution in [0.2, 0.25) is 0 Å². The highest BCUT2D eigenvalue weighted by Crippen LogP contribution is 2.40. The molecule has 2 aromatic carbocycles. The first-order valence-corrected chi connectivity index (χ1v) is 12.3. The Bertz CT molecular complexity index is 1190. The maximum Gasteiger partial charge on any atom is 0.238 e. The van der Waals surface area contributed by atoms with Crippen LogP contribution >= 0.6 is 11.8 Å². The molecule has 3 aromatic rings. The van der Waals surface area contributed by atoms with Gasteiger partial charge in [0.15, 0.2) is 5.16 Å². The fourth-order valence-electron chi connectivity index (χ4n) is 3.15. The van der Waals surface area contributed by atoms with Crippen molar-refractivity contribution in [3.63, 3.8) is 0 Å². The number of carbonyl (C=O) groups is 1. The SMILES string of the molecule is C[C@H](Sc1nnc(C2CC2)n1Cc1ccccc1)C(=O)Nc1cccc(S(N)(=O)=O)c1. The van der Waals surface area contributed by atoms with E-state index in [1.807, 2.05) is 18.2 Å². The number of aromatic nitrogens is 3. The Kier molecular flexibility index (Phi) is 6.12. The molecule has 1 aliphatic carbocycles. The second kappa shape index (κ2) is 8.81. The number of hydrogen-bond acceptors (Lipinski definition) is 6. The molecule has 0 bridgehead atoms. The summed E-state index contributed by atoms with van der Waals surface area (Å²) >= 11 is 1.33. The minimum absolute atomic E-state index is 0.0534. The Morgan fingerprint density at radius 3 is 2.61 bits per heavy atom. The Morgan fingerprint density at radius 1 is 1.19 bits per heavy atom. The average Bonchev–Trinajstić information content (AvgIpc) is 3.51. The number of rotatable bonds is 8. The van der Waals surface area contributed by atoms with Gasteiger partial charge in [-0.2, -0.15) is 0 Å². The lowest BCUT2D eigenvalue weighted by Gasteiger charge is -2.14. The van der Waals surface area contributed by atoms with E-state index in [9.17, 15) is 13.2 Å². The van der Waals surface area contributed by atoms with E-state index < -0.39 is 15.3 Å². The van der Waals surface area contributed by atoms with Gasteiger partial charge in [-0.05, 0) is 43.5 Å². The van der Waals surface area contributed by atoms with Gasteiger partial charge >= 0.3 is 0 Å². The third-order valence-corrected chi connectivity index (χ3v) is 6.94. The summed E-state index contributed by atoms with van der Waals surface area (Å²) in [4.78, 5) is 12.7. The van der Waals surface area contributed by atoms with Crippen LogP contribution < -0.4 is 10.5 Å². The second-order valence-corrected chi connectivity index (χ2v) is 10.4. The molecule has 4 rings (SSSR count). The molecule has 162 valence electrons. The van der Waals surface area contributed by atoms with Gasteiger partial charge in [-0.3, -0.25) is 4.79 Å². The maximum absolute atomic E-state index is 12.7. The summed E-state index contributed by atoms with van der Waals surface area (Å²) in [6.07, 6.45) is 2.21. The van der Waals surface area contributed by atoms with E-state index in [1.54, 1.807) is 13.0 Å². The summed E-state index contributed by atoms with van der Waals surface area (Å²) in [6.45, 7) is 2.43. The molecular formula is C21H23N5O3S2. The highest BCUT2D eigenvalue weighted by molar-refractivity contribution is 8.00. The molecule has 1 aliphatic rings. The smallest absolute Gasteiger partial charge is 0.238 e. The highest BCUT2D eigenvalue weighted by atomic mass is 32.2. The zero-order chi connectivity index (χ0) is 22.0. The van der Waals surface area contributed by atoms with Crippen molar-refractivity contribution in [2.75, 3.05) is 5.32 Å². The van der Waals surface area contributed by atoms with Crippen molar-refractivity contribution in [3.8, 4) is 0 Å². The first kappa shape index (κ1) is 21.5. The third-order valence-electron chi connectivity index (χ3n) is 4.95. The monoisotopic (exact) mass is 457 g/mol. The molecule has 1 aromatic heterocycles. The molecule has 0 aliphatic heterocycles. The summed E-state index contributed by atoms with van der Waals surface area (Å²) in [5.41, 5.74) is 1.51. The Morgan fingerprint density at radius 2 is 1.94 bits per heavy atom. The van der Waals surface area contributed by atoms with E-state index in [-0.39, 0.29) is 10.8 Å². The number of primary sulfonamides is 1. The number of sulfonamides is 1. The van der Waals surface area contributed by atoms with E-state index in [0.29, 0.717) is 23.3 Å². The fraction of sp³-hybridized carbons (Fsp3) is 0.286. The number of amides is 1. The Labute approximate surface area is 185 Å². The number of anilines is 1. The van der Waals surface area contributed by atoms with Crippen molar-refractivity contribution in [2.45, 2.75) is 47.5 Å². The van der Waals surface area contributed by atoms with E-state index >= 15 is 0 Å². The van der Waals surface area contributed by atoms with Crippen LogP contribution in [0.5, 0.6) is 0 Å². The molecule has 1 saturated carbocycles. The van der Waals surface area contributed by atoms with Gasteiger partial charge in [-0.25, -0.2) is 13.6 Å². The Balaban J connectivity index is 1.49.